The zero-order valence-corrected chi connectivity index (χ0v) is 23.4. The molecule has 1 amide bonds. The highest BCUT2D eigenvalue weighted by Gasteiger charge is 2.36. The molecule has 2 aromatic carbocycles. The number of nitrogens with zero attached hydrogens (tertiary/aromatic N) is 2. The van der Waals surface area contributed by atoms with Gasteiger partial charge in [0.25, 0.3) is 0 Å². The van der Waals surface area contributed by atoms with Crippen molar-refractivity contribution in [1.29, 1.82) is 0 Å². The van der Waals surface area contributed by atoms with Crippen molar-refractivity contribution in [2.45, 2.75) is 50.0 Å². The second-order valence-electron chi connectivity index (χ2n) is 8.86. The maximum absolute atomic E-state index is 12.7. The predicted molar refractivity (Wildman–Crippen MR) is 149 cm³/mol. The van der Waals surface area contributed by atoms with Crippen molar-refractivity contribution in [1.82, 2.24) is 10.4 Å². The quantitative estimate of drug-likeness (QED) is 0.212. The minimum atomic E-state index is -0.265. The predicted octanol–water partition coefficient (Wildman–Crippen LogP) is 6.75. The molecule has 0 radical (unpaired) electrons. The molecule has 0 bridgehead atoms. The second kappa shape index (κ2) is 12.3. The molecular formula is C27H32ClN3O3S2. The number of hydrazine groups is 1. The van der Waals surface area contributed by atoms with Gasteiger partial charge in [0.05, 0.1) is 19.4 Å². The summed E-state index contributed by atoms with van der Waals surface area (Å²) in [5.74, 6) is 1.44. The van der Waals surface area contributed by atoms with E-state index in [-0.39, 0.29) is 11.3 Å². The lowest BCUT2D eigenvalue weighted by Crippen LogP contribution is -2.42. The molecule has 0 saturated heterocycles. The molecule has 3 aromatic rings. The number of halogens is 1. The number of methoxy groups -OCH3 is 1. The van der Waals surface area contributed by atoms with Crippen LogP contribution in [0.3, 0.4) is 0 Å². The standard InChI is InChI=1S/C27H32ClN3O3S2/c1-18(2)29-30(17-22-7-5-14-35-22)12-6-13-34-25-11-9-21(33-4)16-23(25)27-31(19(3)32)24-10-8-20(28)15-26(24)36-27/h5,7-11,14-16,18,27,29H,6,12-13,17H2,1-4H3. The van der Waals surface area contributed by atoms with Gasteiger partial charge in [-0.15, -0.1) is 11.3 Å². The molecule has 0 aliphatic carbocycles. The molecule has 36 heavy (non-hydrogen) atoms. The van der Waals surface area contributed by atoms with Gasteiger partial charge in [-0.1, -0.05) is 29.4 Å². The number of thiophene rings is 1. The number of ether oxygens (including phenoxy) is 2. The molecule has 0 fully saturated rings. The van der Waals surface area contributed by atoms with Gasteiger partial charge < -0.3 is 9.47 Å². The molecule has 9 heteroatoms. The number of rotatable bonds is 11. The Morgan fingerprint density at radius 2 is 2.06 bits per heavy atom. The van der Waals surface area contributed by atoms with Crippen LogP contribution in [-0.2, 0) is 11.3 Å². The number of amides is 1. The van der Waals surface area contributed by atoms with Gasteiger partial charge in [-0.3, -0.25) is 15.1 Å². The fourth-order valence-corrected chi connectivity index (χ4v) is 6.54. The van der Waals surface area contributed by atoms with Gasteiger partial charge in [-0.25, -0.2) is 5.01 Å². The Morgan fingerprint density at radius 3 is 2.75 bits per heavy atom. The third kappa shape index (κ3) is 6.55. The first kappa shape index (κ1) is 26.8. The first-order valence-corrected chi connectivity index (χ1v) is 14.1. The molecule has 6 nitrogen and oxygen atoms in total. The molecule has 1 aliphatic heterocycles. The fraction of sp³-hybridized carbons (Fsp3) is 0.370. The Labute approximate surface area is 226 Å². The summed E-state index contributed by atoms with van der Waals surface area (Å²) in [4.78, 5) is 16.8. The summed E-state index contributed by atoms with van der Waals surface area (Å²) in [6, 6.07) is 16.0. The van der Waals surface area contributed by atoms with E-state index in [1.165, 1.54) is 4.88 Å². The van der Waals surface area contributed by atoms with Crippen LogP contribution in [0.25, 0.3) is 0 Å². The molecule has 0 saturated carbocycles. The van der Waals surface area contributed by atoms with E-state index < -0.39 is 0 Å². The Hall–Kier alpha value is -2.23. The highest BCUT2D eigenvalue weighted by atomic mass is 35.5. The lowest BCUT2D eigenvalue weighted by atomic mass is 10.1. The van der Waals surface area contributed by atoms with Crippen molar-refractivity contribution in [2.24, 2.45) is 0 Å². The van der Waals surface area contributed by atoms with Crippen LogP contribution in [0.2, 0.25) is 5.02 Å². The van der Waals surface area contributed by atoms with Crippen LogP contribution in [0.5, 0.6) is 11.5 Å². The van der Waals surface area contributed by atoms with Crippen molar-refractivity contribution in [3.63, 3.8) is 0 Å². The molecule has 4 rings (SSSR count). The minimum Gasteiger partial charge on any atom is -0.497 e. The summed E-state index contributed by atoms with van der Waals surface area (Å²) in [5, 5.41) is 4.74. The van der Waals surface area contributed by atoms with Crippen molar-refractivity contribution < 1.29 is 14.3 Å². The fourth-order valence-electron chi connectivity index (χ4n) is 4.18. The lowest BCUT2D eigenvalue weighted by molar-refractivity contribution is -0.116. The summed E-state index contributed by atoms with van der Waals surface area (Å²) in [5.41, 5.74) is 5.29. The first-order valence-electron chi connectivity index (χ1n) is 12.0. The van der Waals surface area contributed by atoms with Crippen LogP contribution >= 0.6 is 34.7 Å². The van der Waals surface area contributed by atoms with Crippen molar-refractivity contribution in [2.75, 3.05) is 25.2 Å². The topological polar surface area (TPSA) is 54.0 Å². The number of benzene rings is 2. The summed E-state index contributed by atoms with van der Waals surface area (Å²) in [6.45, 7) is 8.14. The second-order valence-corrected chi connectivity index (χ2v) is 11.5. The highest BCUT2D eigenvalue weighted by Crippen LogP contribution is 2.54. The molecule has 2 heterocycles. The molecule has 192 valence electrons. The van der Waals surface area contributed by atoms with E-state index in [0.29, 0.717) is 17.7 Å². The number of carbonyl (C=O) groups is 1. The van der Waals surface area contributed by atoms with Gasteiger partial charge in [0.15, 0.2) is 0 Å². The van der Waals surface area contributed by atoms with Gasteiger partial charge in [-0.05, 0) is 68.1 Å². The molecule has 1 atom stereocenters. The maximum Gasteiger partial charge on any atom is 0.225 e. The van der Waals surface area contributed by atoms with Crippen molar-refractivity contribution in [3.8, 4) is 11.5 Å². The first-order chi connectivity index (χ1) is 17.4. The average Bonchev–Trinajstić information content (AvgIpc) is 3.48. The number of nitrogens with one attached hydrogen (secondary N) is 1. The third-order valence-electron chi connectivity index (χ3n) is 5.67. The molecule has 1 N–H and O–H groups in total. The number of anilines is 1. The van der Waals surface area contributed by atoms with Gasteiger partial charge in [0, 0.05) is 46.4 Å². The van der Waals surface area contributed by atoms with Gasteiger partial charge in [0.1, 0.15) is 16.9 Å². The highest BCUT2D eigenvalue weighted by molar-refractivity contribution is 8.00. The van der Waals surface area contributed by atoms with E-state index in [9.17, 15) is 4.79 Å². The van der Waals surface area contributed by atoms with E-state index in [4.69, 9.17) is 21.1 Å². The van der Waals surface area contributed by atoms with Gasteiger partial charge >= 0.3 is 0 Å². The SMILES string of the molecule is COc1ccc(OCCCN(Cc2cccs2)NC(C)C)c(C2Sc3cc(Cl)ccc3N2C(C)=O)c1. The molecule has 1 unspecified atom stereocenters. The van der Waals surface area contributed by atoms with Crippen LogP contribution in [-0.4, -0.2) is 37.2 Å². The summed E-state index contributed by atoms with van der Waals surface area (Å²) < 4.78 is 11.8. The zero-order valence-electron chi connectivity index (χ0n) is 21.0. The van der Waals surface area contributed by atoms with Crippen LogP contribution in [0.1, 0.15) is 43.0 Å². The largest absolute Gasteiger partial charge is 0.497 e. The third-order valence-corrected chi connectivity index (χ3v) is 8.04. The Morgan fingerprint density at radius 1 is 1.22 bits per heavy atom. The number of hydrogen-bond acceptors (Lipinski definition) is 7. The van der Waals surface area contributed by atoms with Crippen molar-refractivity contribution >= 4 is 46.3 Å². The maximum atomic E-state index is 12.7. The number of hydrogen-bond donors (Lipinski definition) is 1. The van der Waals surface area contributed by atoms with Crippen LogP contribution in [0.15, 0.2) is 58.8 Å². The normalized spacial score (nSPS) is 15.0. The monoisotopic (exact) mass is 545 g/mol. The minimum absolute atomic E-state index is 0.0358. The summed E-state index contributed by atoms with van der Waals surface area (Å²) in [7, 11) is 1.64. The van der Waals surface area contributed by atoms with E-state index in [0.717, 1.165) is 47.2 Å². The summed E-state index contributed by atoms with van der Waals surface area (Å²) in [6.07, 6.45) is 0.848. The Balaban J connectivity index is 1.48. The van der Waals surface area contributed by atoms with E-state index in [1.54, 1.807) is 42.0 Å². The number of thioether (sulfide) groups is 1. The molecule has 0 spiro atoms. The molecule has 1 aromatic heterocycles. The summed E-state index contributed by atoms with van der Waals surface area (Å²) >= 11 is 9.60. The number of carbonyl (C=O) groups excluding carboxylic acids is 1. The van der Waals surface area contributed by atoms with Gasteiger partial charge in [0.2, 0.25) is 5.91 Å². The van der Waals surface area contributed by atoms with E-state index >= 15 is 0 Å². The van der Waals surface area contributed by atoms with E-state index in [2.05, 4.69) is 41.8 Å². The molecular weight excluding hydrogens is 514 g/mol. The lowest BCUT2D eigenvalue weighted by Gasteiger charge is -2.26. The van der Waals surface area contributed by atoms with Gasteiger partial charge in [-0.2, -0.15) is 0 Å². The molecule has 1 aliphatic rings. The smallest absolute Gasteiger partial charge is 0.225 e. The van der Waals surface area contributed by atoms with E-state index in [1.807, 2.05) is 36.4 Å². The average molecular weight is 546 g/mol. The van der Waals surface area contributed by atoms with Crippen LogP contribution in [0, 0.1) is 0 Å². The van der Waals surface area contributed by atoms with Crippen LogP contribution in [0.4, 0.5) is 5.69 Å². The number of fused-ring (bicyclic) bond motifs is 1. The van der Waals surface area contributed by atoms with Crippen LogP contribution < -0.4 is 19.8 Å². The Kier molecular flexibility index (Phi) is 9.19. The Bertz CT molecular complexity index is 1170. The van der Waals surface area contributed by atoms with Crippen molar-refractivity contribution in [3.05, 3.63) is 69.4 Å². The zero-order chi connectivity index (χ0) is 25.7.